The highest BCUT2D eigenvalue weighted by atomic mass is 32.2. The van der Waals surface area contributed by atoms with Gasteiger partial charge in [-0.3, -0.25) is 0 Å². The van der Waals surface area contributed by atoms with E-state index in [4.69, 9.17) is 0 Å². The lowest BCUT2D eigenvalue weighted by molar-refractivity contribution is 1.10. The number of thioether (sulfide) groups is 1. The Morgan fingerprint density at radius 1 is 1.38 bits per heavy atom. The van der Waals surface area contributed by atoms with Crippen LogP contribution in [0.2, 0.25) is 0 Å². The van der Waals surface area contributed by atoms with Crippen LogP contribution in [0.3, 0.4) is 0 Å². The van der Waals surface area contributed by atoms with Crippen molar-refractivity contribution >= 4 is 40.2 Å². The molecule has 0 aliphatic heterocycles. The highest BCUT2D eigenvalue weighted by Gasteiger charge is 2.18. The topological polar surface area (TPSA) is 39.6 Å². The van der Waals surface area contributed by atoms with Gasteiger partial charge in [-0.25, -0.2) is 0 Å². The van der Waals surface area contributed by atoms with Crippen LogP contribution in [0.15, 0.2) is 16.8 Å². The van der Waals surface area contributed by atoms with Crippen molar-refractivity contribution < 1.29 is 0 Å². The Bertz CT molecular complexity index is 860. The van der Waals surface area contributed by atoms with Gasteiger partial charge < -0.3 is 4.98 Å². The second-order valence-corrected chi connectivity index (χ2v) is 6.45. The number of fused-ring (bicyclic) bond motifs is 1. The normalized spacial score (nSPS) is 14.0. The van der Waals surface area contributed by atoms with Crippen LogP contribution in [-0.4, -0.2) is 11.2 Å². The van der Waals surface area contributed by atoms with Crippen molar-refractivity contribution in [1.82, 2.24) is 4.98 Å². The lowest BCUT2D eigenvalue weighted by Gasteiger charge is -2.06. The van der Waals surface area contributed by atoms with Gasteiger partial charge in [0.2, 0.25) is 0 Å². The van der Waals surface area contributed by atoms with Crippen LogP contribution in [-0.2, 0) is 0 Å². The van der Waals surface area contributed by atoms with Gasteiger partial charge in [-0.1, -0.05) is 18.2 Å². The Labute approximate surface area is 132 Å². The maximum atomic E-state index is 9.36. The maximum absolute atomic E-state index is 9.36. The van der Waals surface area contributed by atoms with Gasteiger partial charge in [-0.15, -0.1) is 11.8 Å². The van der Waals surface area contributed by atoms with E-state index >= 15 is 0 Å². The molecule has 0 atom stereocenters. The van der Waals surface area contributed by atoms with Gasteiger partial charge >= 0.3 is 0 Å². The Morgan fingerprint density at radius 2 is 2.19 bits per heavy atom. The highest BCUT2D eigenvalue weighted by Crippen LogP contribution is 2.33. The van der Waals surface area contributed by atoms with Crippen LogP contribution in [0.25, 0.3) is 28.2 Å². The summed E-state index contributed by atoms with van der Waals surface area (Å²) in [5.74, 6) is 0. The van der Waals surface area contributed by atoms with E-state index in [1.54, 1.807) is 23.1 Å². The van der Waals surface area contributed by atoms with Crippen LogP contribution in [0.4, 0.5) is 0 Å². The van der Waals surface area contributed by atoms with Crippen LogP contribution in [0, 0.1) is 11.3 Å². The SMILES string of the molecule is C/C=C(\SC)c1[nH]c2c(c1-c1cscc1C#N)=CCCC=2. The summed E-state index contributed by atoms with van der Waals surface area (Å²) in [6.07, 6.45) is 10.9. The minimum atomic E-state index is 0.763. The summed E-state index contributed by atoms with van der Waals surface area (Å²) in [7, 11) is 0. The minimum absolute atomic E-state index is 0.763. The van der Waals surface area contributed by atoms with E-state index < -0.39 is 0 Å². The third-order valence-electron chi connectivity index (χ3n) is 3.71. The van der Waals surface area contributed by atoms with Crippen LogP contribution < -0.4 is 10.6 Å². The number of rotatable bonds is 3. The highest BCUT2D eigenvalue weighted by molar-refractivity contribution is 8.07. The average Bonchev–Trinajstić information content (AvgIpc) is 3.11. The molecule has 2 aromatic heterocycles. The fraction of sp³-hybridized carbons (Fsp3) is 0.235. The molecule has 0 radical (unpaired) electrons. The molecule has 1 N–H and O–H groups in total. The number of hydrogen-bond acceptors (Lipinski definition) is 3. The summed E-state index contributed by atoms with van der Waals surface area (Å²) in [4.78, 5) is 4.78. The number of aromatic amines is 1. The second-order valence-electron chi connectivity index (χ2n) is 4.86. The zero-order valence-electron chi connectivity index (χ0n) is 12.1. The molecular formula is C17H16N2S2. The number of allylic oxidation sites excluding steroid dienone is 1. The molecule has 1 aliphatic carbocycles. The molecule has 0 spiro atoms. The summed E-state index contributed by atoms with van der Waals surface area (Å²) in [6.45, 7) is 2.06. The molecule has 0 saturated heterocycles. The van der Waals surface area contributed by atoms with Crippen molar-refractivity contribution in [2.24, 2.45) is 0 Å². The summed E-state index contributed by atoms with van der Waals surface area (Å²) in [5.41, 5.74) is 4.13. The van der Waals surface area contributed by atoms with Crippen molar-refractivity contribution in [2.75, 3.05) is 6.26 Å². The predicted molar refractivity (Wildman–Crippen MR) is 93.4 cm³/mol. The first-order chi connectivity index (χ1) is 10.3. The zero-order valence-corrected chi connectivity index (χ0v) is 13.7. The number of nitrogens with zero attached hydrogens (tertiary/aromatic N) is 1. The molecule has 0 bridgehead atoms. The Balaban J connectivity index is 2.39. The first-order valence-electron chi connectivity index (χ1n) is 6.89. The zero-order chi connectivity index (χ0) is 14.8. The van der Waals surface area contributed by atoms with Gasteiger partial charge in [0.1, 0.15) is 6.07 Å². The van der Waals surface area contributed by atoms with Crippen molar-refractivity contribution in [2.45, 2.75) is 19.8 Å². The fourth-order valence-corrected chi connectivity index (χ4v) is 4.13. The van der Waals surface area contributed by atoms with Gasteiger partial charge in [0.05, 0.1) is 11.3 Å². The third-order valence-corrected chi connectivity index (χ3v) is 5.34. The summed E-state index contributed by atoms with van der Waals surface area (Å²) < 4.78 is 0. The van der Waals surface area contributed by atoms with Gasteiger partial charge in [-0.05, 0) is 26.0 Å². The van der Waals surface area contributed by atoms with Gasteiger partial charge in [0.25, 0.3) is 0 Å². The molecule has 21 heavy (non-hydrogen) atoms. The Kier molecular flexibility index (Phi) is 4.05. The van der Waals surface area contributed by atoms with E-state index in [0.29, 0.717) is 0 Å². The fourth-order valence-electron chi connectivity index (χ4n) is 2.77. The van der Waals surface area contributed by atoms with Crippen molar-refractivity contribution in [3.63, 3.8) is 0 Å². The Hall–Kier alpha value is -1.70. The number of nitriles is 1. The molecule has 2 aromatic rings. The lowest BCUT2D eigenvalue weighted by Crippen LogP contribution is -2.25. The number of thiophene rings is 1. The smallest absolute Gasteiger partial charge is 0.101 e. The predicted octanol–water partition coefficient (Wildman–Crippen LogP) is 3.69. The van der Waals surface area contributed by atoms with Crippen LogP contribution >= 0.6 is 23.1 Å². The second kappa shape index (κ2) is 5.97. The maximum Gasteiger partial charge on any atom is 0.101 e. The van der Waals surface area contributed by atoms with Crippen molar-refractivity contribution in [1.29, 1.82) is 5.26 Å². The van der Waals surface area contributed by atoms with E-state index in [1.807, 2.05) is 5.38 Å². The van der Waals surface area contributed by atoms with E-state index in [1.165, 1.54) is 21.0 Å². The molecule has 2 heterocycles. The molecule has 0 unspecified atom stereocenters. The number of nitrogens with one attached hydrogen (secondary N) is 1. The number of aromatic nitrogens is 1. The largest absolute Gasteiger partial charge is 0.354 e. The molecule has 106 valence electrons. The molecule has 3 rings (SSSR count). The van der Waals surface area contributed by atoms with Gasteiger partial charge in [-0.2, -0.15) is 16.6 Å². The standard InChI is InChI=1S/C17H16N2S2/c1-3-15(20-2)17-16(13-10-21-9-11(13)8-18)12-6-4-5-7-14(12)19-17/h3,6-7,9-10,19H,4-5H2,1-2H3/b15-3-. The molecule has 2 nitrogen and oxygen atoms in total. The van der Waals surface area contributed by atoms with E-state index in [2.05, 4.69) is 47.8 Å². The van der Waals surface area contributed by atoms with Crippen molar-refractivity contribution in [3.05, 3.63) is 38.7 Å². The van der Waals surface area contributed by atoms with Crippen LogP contribution in [0.1, 0.15) is 31.0 Å². The molecule has 0 saturated carbocycles. The van der Waals surface area contributed by atoms with E-state index in [-0.39, 0.29) is 0 Å². The summed E-state index contributed by atoms with van der Waals surface area (Å²) in [6, 6.07) is 2.32. The summed E-state index contributed by atoms with van der Waals surface area (Å²) >= 11 is 3.32. The number of H-pyrrole nitrogens is 1. The lowest BCUT2D eigenvalue weighted by atomic mass is 10.0. The molecular weight excluding hydrogens is 296 g/mol. The van der Waals surface area contributed by atoms with Gasteiger partial charge in [0, 0.05) is 37.4 Å². The van der Waals surface area contributed by atoms with Gasteiger partial charge in [0.15, 0.2) is 0 Å². The molecule has 0 amide bonds. The number of hydrogen-bond donors (Lipinski definition) is 1. The van der Waals surface area contributed by atoms with E-state index in [9.17, 15) is 5.26 Å². The van der Waals surface area contributed by atoms with Crippen molar-refractivity contribution in [3.8, 4) is 17.2 Å². The third kappa shape index (κ3) is 2.37. The monoisotopic (exact) mass is 312 g/mol. The average molecular weight is 312 g/mol. The molecule has 0 aromatic carbocycles. The molecule has 0 fully saturated rings. The molecule has 1 aliphatic rings. The van der Waals surface area contributed by atoms with E-state index in [0.717, 1.165) is 29.7 Å². The van der Waals surface area contributed by atoms with Crippen LogP contribution in [0.5, 0.6) is 0 Å². The minimum Gasteiger partial charge on any atom is -0.354 e. The quantitative estimate of drug-likeness (QED) is 0.939. The first-order valence-corrected chi connectivity index (χ1v) is 9.06. The summed E-state index contributed by atoms with van der Waals surface area (Å²) in [5, 5.41) is 15.8. The Morgan fingerprint density at radius 3 is 2.90 bits per heavy atom. The molecule has 4 heteroatoms. The first kappa shape index (κ1) is 14.2.